The Balaban J connectivity index is 1.41. The van der Waals surface area contributed by atoms with E-state index in [4.69, 9.17) is 16.3 Å². The minimum Gasteiger partial charge on any atom is -0.373 e. The number of halogens is 1. The molecular formula is C24H26ClN5O2. The van der Waals surface area contributed by atoms with E-state index < -0.39 is 0 Å². The van der Waals surface area contributed by atoms with Gasteiger partial charge in [-0.15, -0.1) is 0 Å². The summed E-state index contributed by atoms with van der Waals surface area (Å²) >= 11 is 5.98. The molecule has 0 saturated carbocycles. The van der Waals surface area contributed by atoms with Gasteiger partial charge in [0.1, 0.15) is 10.8 Å². The second kappa shape index (κ2) is 9.02. The lowest BCUT2D eigenvalue weighted by molar-refractivity contribution is -0.0417. The zero-order valence-corrected chi connectivity index (χ0v) is 18.7. The number of hydrogen-bond donors (Lipinski definition) is 1. The van der Waals surface area contributed by atoms with E-state index in [2.05, 4.69) is 34.3 Å². The van der Waals surface area contributed by atoms with Gasteiger partial charge in [-0.05, 0) is 36.6 Å². The van der Waals surface area contributed by atoms with Crippen LogP contribution in [-0.4, -0.2) is 63.7 Å². The zero-order chi connectivity index (χ0) is 22.1. The SMILES string of the molecule is C[C@@H](c1ccccc1-c1ccc(Cl)nc1)n1cncc1C(=O)N1CC[C@H]2NCCO[C@@H]2C1. The molecule has 32 heavy (non-hydrogen) atoms. The predicted octanol–water partition coefficient (Wildman–Crippen LogP) is 3.41. The number of hydrogen-bond acceptors (Lipinski definition) is 5. The Kier molecular flexibility index (Phi) is 5.95. The monoisotopic (exact) mass is 451 g/mol. The Labute approximate surface area is 192 Å². The van der Waals surface area contributed by atoms with Crippen LogP contribution in [0.3, 0.4) is 0 Å². The number of pyridine rings is 1. The van der Waals surface area contributed by atoms with E-state index in [1.807, 2.05) is 27.7 Å². The molecule has 5 rings (SSSR count). The van der Waals surface area contributed by atoms with E-state index in [0.717, 1.165) is 29.7 Å². The number of amides is 1. The van der Waals surface area contributed by atoms with Crippen LogP contribution in [0.1, 0.15) is 35.4 Å². The number of morpholine rings is 1. The fraction of sp³-hybridized carbons (Fsp3) is 0.375. The Bertz CT molecular complexity index is 1100. The summed E-state index contributed by atoms with van der Waals surface area (Å²) in [7, 11) is 0. The van der Waals surface area contributed by atoms with Gasteiger partial charge in [-0.3, -0.25) is 4.79 Å². The molecule has 2 aliphatic rings. The summed E-state index contributed by atoms with van der Waals surface area (Å²) in [4.78, 5) is 23.9. The number of nitrogens with zero attached hydrogens (tertiary/aromatic N) is 4. The topological polar surface area (TPSA) is 72.3 Å². The number of carbonyl (C=O) groups excluding carboxylic acids is 1. The van der Waals surface area contributed by atoms with Gasteiger partial charge in [-0.1, -0.05) is 35.9 Å². The molecule has 3 atom stereocenters. The summed E-state index contributed by atoms with van der Waals surface area (Å²) in [5.74, 6) is -0.00684. The highest BCUT2D eigenvalue weighted by Crippen LogP contribution is 2.31. The molecule has 0 radical (unpaired) electrons. The van der Waals surface area contributed by atoms with E-state index in [1.165, 1.54) is 0 Å². The van der Waals surface area contributed by atoms with Crippen molar-refractivity contribution in [3.8, 4) is 11.1 Å². The molecule has 0 bridgehead atoms. The summed E-state index contributed by atoms with van der Waals surface area (Å²) in [6.07, 6.45) is 6.12. The third-order valence-electron chi connectivity index (χ3n) is 6.44. The number of ether oxygens (including phenoxy) is 1. The molecular weight excluding hydrogens is 426 g/mol. The van der Waals surface area contributed by atoms with Gasteiger partial charge in [0, 0.05) is 37.4 Å². The molecule has 1 amide bonds. The average molecular weight is 452 g/mol. The van der Waals surface area contributed by atoms with Gasteiger partial charge in [0.25, 0.3) is 5.91 Å². The van der Waals surface area contributed by atoms with E-state index in [-0.39, 0.29) is 18.1 Å². The van der Waals surface area contributed by atoms with Crippen molar-refractivity contribution in [3.05, 3.63) is 71.5 Å². The number of rotatable bonds is 4. The highest BCUT2D eigenvalue weighted by molar-refractivity contribution is 6.29. The van der Waals surface area contributed by atoms with E-state index >= 15 is 0 Å². The summed E-state index contributed by atoms with van der Waals surface area (Å²) in [6.45, 7) is 4.96. The number of nitrogens with one attached hydrogen (secondary N) is 1. The molecule has 8 heteroatoms. The van der Waals surface area contributed by atoms with Crippen LogP contribution >= 0.6 is 11.6 Å². The molecule has 1 N–H and O–H groups in total. The predicted molar refractivity (Wildman–Crippen MR) is 123 cm³/mol. The van der Waals surface area contributed by atoms with Crippen LogP contribution in [0.4, 0.5) is 0 Å². The Morgan fingerprint density at radius 3 is 2.97 bits per heavy atom. The minimum absolute atomic E-state index is 0.00684. The molecule has 7 nitrogen and oxygen atoms in total. The van der Waals surface area contributed by atoms with Gasteiger partial charge in [0.2, 0.25) is 0 Å². The maximum atomic E-state index is 13.4. The van der Waals surface area contributed by atoms with E-state index in [0.29, 0.717) is 36.6 Å². The summed E-state index contributed by atoms with van der Waals surface area (Å²) in [5.41, 5.74) is 3.71. The van der Waals surface area contributed by atoms with Crippen LogP contribution in [0.5, 0.6) is 0 Å². The van der Waals surface area contributed by atoms with Crippen molar-refractivity contribution in [1.29, 1.82) is 0 Å². The maximum Gasteiger partial charge on any atom is 0.272 e. The third kappa shape index (κ3) is 4.03. The van der Waals surface area contributed by atoms with Crippen molar-refractivity contribution in [2.75, 3.05) is 26.2 Å². The lowest BCUT2D eigenvalue weighted by Gasteiger charge is -2.41. The summed E-state index contributed by atoms with van der Waals surface area (Å²) < 4.78 is 7.86. The van der Waals surface area contributed by atoms with Crippen molar-refractivity contribution in [2.24, 2.45) is 0 Å². The molecule has 166 valence electrons. The Morgan fingerprint density at radius 2 is 2.12 bits per heavy atom. The van der Waals surface area contributed by atoms with Crippen LogP contribution in [-0.2, 0) is 4.74 Å². The number of fused-ring (bicyclic) bond motifs is 1. The highest BCUT2D eigenvalue weighted by atomic mass is 35.5. The van der Waals surface area contributed by atoms with Gasteiger partial charge in [-0.2, -0.15) is 0 Å². The lowest BCUT2D eigenvalue weighted by atomic mass is 9.96. The fourth-order valence-electron chi connectivity index (χ4n) is 4.71. The molecule has 2 fully saturated rings. The van der Waals surface area contributed by atoms with Gasteiger partial charge in [0.15, 0.2) is 0 Å². The maximum absolute atomic E-state index is 13.4. The van der Waals surface area contributed by atoms with Crippen molar-refractivity contribution in [3.63, 3.8) is 0 Å². The normalized spacial score (nSPS) is 21.8. The standard InChI is InChI=1S/C24H26ClN5O2/c1-16(18-4-2-3-5-19(18)17-6-7-23(25)28-12-17)30-15-26-13-21(30)24(31)29-10-8-20-22(14-29)32-11-9-27-20/h2-7,12-13,15-16,20,22,27H,8-11,14H2,1H3/t16-,20+,22+/m0/s1. The molecule has 2 aliphatic heterocycles. The quantitative estimate of drug-likeness (QED) is 0.615. The van der Waals surface area contributed by atoms with Crippen LogP contribution < -0.4 is 5.32 Å². The molecule has 4 heterocycles. The van der Waals surface area contributed by atoms with E-state index in [1.54, 1.807) is 24.8 Å². The van der Waals surface area contributed by atoms with Crippen molar-refractivity contribution in [2.45, 2.75) is 31.5 Å². The van der Waals surface area contributed by atoms with Gasteiger partial charge >= 0.3 is 0 Å². The first-order chi connectivity index (χ1) is 15.6. The third-order valence-corrected chi connectivity index (χ3v) is 6.66. The summed E-state index contributed by atoms with van der Waals surface area (Å²) in [5, 5.41) is 3.96. The van der Waals surface area contributed by atoms with Crippen LogP contribution in [0.2, 0.25) is 5.15 Å². The molecule has 1 aromatic carbocycles. The minimum atomic E-state index is -0.0894. The first-order valence-electron chi connectivity index (χ1n) is 11.0. The largest absolute Gasteiger partial charge is 0.373 e. The van der Waals surface area contributed by atoms with Crippen LogP contribution in [0.15, 0.2) is 55.1 Å². The van der Waals surface area contributed by atoms with Crippen molar-refractivity contribution < 1.29 is 9.53 Å². The number of benzene rings is 1. The molecule has 3 aromatic rings. The molecule has 2 saturated heterocycles. The molecule has 0 unspecified atom stereocenters. The van der Waals surface area contributed by atoms with Crippen LogP contribution in [0, 0.1) is 0 Å². The van der Waals surface area contributed by atoms with Crippen molar-refractivity contribution >= 4 is 17.5 Å². The average Bonchev–Trinajstić information content (AvgIpc) is 3.33. The first kappa shape index (κ1) is 21.1. The molecule has 0 spiro atoms. The van der Waals surface area contributed by atoms with Gasteiger partial charge < -0.3 is 19.5 Å². The molecule has 2 aromatic heterocycles. The van der Waals surface area contributed by atoms with Crippen molar-refractivity contribution in [1.82, 2.24) is 24.8 Å². The first-order valence-corrected chi connectivity index (χ1v) is 11.4. The lowest BCUT2D eigenvalue weighted by Crippen LogP contribution is -2.58. The van der Waals surface area contributed by atoms with Gasteiger partial charge in [-0.25, -0.2) is 9.97 Å². The zero-order valence-electron chi connectivity index (χ0n) is 17.9. The number of aromatic nitrogens is 3. The number of likely N-dealkylation sites (tertiary alicyclic amines) is 1. The van der Waals surface area contributed by atoms with E-state index in [9.17, 15) is 4.79 Å². The van der Waals surface area contributed by atoms with Gasteiger partial charge in [0.05, 0.1) is 31.3 Å². The Hall–Kier alpha value is -2.74. The highest BCUT2D eigenvalue weighted by Gasteiger charge is 2.35. The summed E-state index contributed by atoms with van der Waals surface area (Å²) in [6, 6.07) is 12.1. The smallest absolute Gasteiger partial charge is 0.272 e. The number of imidazole rings is 1. The Morgan fingerprint density at radius 1 is 1.25 bits per heavy atom. The second-order valence-electron chi connectivity index (χ2n) is 8.33. The fourth-order valence-corrected chi connectivity index (χ4v) is 4.82. The number of piperidine rings is 1. The second-order valence-corrected chi connectivity index (χ2v) is 8.72. The van der Waals surface area contributed by atoms with Crippen LogP contribution in [0.25, 0.3) is 11.1 Å². The molecule has 0 aliphatic carbocycles. The number of carbonyl (C=O) groups is 1.